The van der Waals surface area contributed by atoms with Crippen LogP contribution in [0, 0.1) is 0 Å². The van der Waals surface area contributed by atoms with E-state index in [1.165, 1.54) is 37.4 Å². The average molecular weight is 265 g/mol. The topological polar surface area (TPSA) is 54.9 Å². The van der Waals surface area contributed by atoms with Crippen LogP contribution in [0.5, 0.6) is 0 Å². The van der Waals surface area contributed by atoms with Crippen LogP contribution in [-0.4, -0.2) is 28.6 Å². The molecule has 1 saturated carbocycles. The van der Waals surface area contributed by atoms with Crippen molar-refractivity contribution in [2.24, 2.45) is 0 Å². The van der Waals surface area contributed by atoms with E-state index in [0.29, 0.717) is 22.6 Å². The number of aldehydes is 1. The molecule has 1 aromatic rings. The van der Waals surface area contributed by atoms with E-state index in [1.807, 2.05) is 6.26 Å². The molecule has 0 aliphatic heterocycles. The summed E-state index contributed by atoms with van der Waals surface area (Å²) in [4.78, 5) is 19.5. The zero-order chi connectivity index (χ0) is 12.8. The summed E-state index contributed by atoms with van der Waals surface area (Å²) in [6.45, 7) is 0. The number of nitrogens with zero attached hydrogens (tertiary/aromatic N) is 2. The molecule has 0 saturated heterocycles. The Hall–Kier alpha value is -1.10. The van der Waals surface area contributed by atoms with Crippen LogP contribution in [0.15, 0.2) is 11.4 Å². The molecule has 0 bridgehead atoms. The maximum Gasteiger partial charge on any atom is 0.189 e. The Morgan fingerprint density at radius 3 is 2.67 bits per heavy atom. The van der Waals surface area contributed by atoms with Gasteiger partial charge in [0.15, 0.2) is 11.4 Å². The molecule has 5 heteroatoms. The smallest absolute Gasteiger partial charge is 0.189 e. The van der Waals surface area contributed by atoms with Gasteiger partial charge in [-0.25, -0.2) is 9.97 Å². The first-order chi connectivity index (χ1) is 8.83. The average Bonchev–Trinajstić information content (AvgIpc) is 2.67. The predicted molar refractivity (Wildman–Crippen MR) is 74.3 cm³/mol. The van der Waals surface area contributed by atoms with Crippen molar-refractivity contribution >= 4 is 23.9 Å². The predicted octanol–water partition coefficient (Wildman–Crippen LogP) is 3.15. The molecular weight excluding hydrogens is 246 g/mol. The van der Waals surface area contributed by atoms with Gasteiger partial charge in [-0.1, -0.05) is 37.4 Å². The highest BCUT2D eigenvalue weighted by Crippen LogP contribution is 2.22. The maximum atomic E-state index is 11.0. The van der Waals surface area contributed by atoms with Crippen LogP contribution in [0.3, 0.4) is 0 Å². The van der Waals surface area contributed by atoms with E-state index in [2.05, 4.69) is 15.3 Å². The highest BCUT2D eigenvalue weighted by atomic mass is 32.2. The van der Waals surface area contributed by atoms with Gasteiger partial charge in [0.1, 0.15) is 5.82 Å². The molecule has 2 rings (SSSR count). The fourth-order valence-electron chi connectivity index (χ4n) is 2.29. The molecule has 1 fully saturated rings. The second-order valence-corrected chi connectivity index (χ2v) is 5.38. The summed E-state index contributed by atoms with van der Waals surface area (Å²) in [5, 5.41) is 4.12. The number of aromatic nitrogens is 2. The Labute approximate surface area is 112 Å². The number of carbonyl (C=O) groups is 1. The minimum Gasteiger partial charge on any atom is -0.367 e. The summed E-state index contributed by atoms with van der Waals surface area (Å²) in [7, 11) is 0. The lowest BCUT2D eigenvalue weighted by Gasteiger charge is -2.18. The molecule has 1 aliphatic rings. The van der Waals surface area contributed by atoms with Crippen LogP contribution < -0.4 is 5.32 Å². The summed E-state index contributed by atoms with van der Waals surface area (Å²) in [5.74, 6) is 0.691. The second-order valence-electron chi connectivity index (χ2n) is 4.61. The Morgan fingerprint density at radius 2 is 2.06 bits per heavy atom. The summed E-state index contributed by atoms with van der Waals surface area (Å²) in [6, 6.07) is 0.441. The number of hydrogen-bond donors (Lipinski definition) is 1. The molecule has 0 spiro atoms. The van der Waals surface area contributed by atoms with Crippen molar-refractivity contribution < 1.29 is 4.79 Å². The van der Waals surface area contributed by atoms with Crippen molar-refractivity contribution in [2.45, 2.75) is 49.7 Å². The molecule has 0 amide bonds. The van der Waals surface area contributed by atoms with Crippen LogP contribution in [-0.2, 0) is 0 Å². The van der Waals surface area contributed by atoms with E-state index in [0.717, 1.165) is 19.1 Å². The second kappa shape index (κ2) is 6.73. The van der Waals surface area contributed by atoms with Gasteiger partial charge in [-0.3, -0.25) is 4.79 Å². The minimum absolute atomic E-state index is 0.441. The summed E-state index contributed by atoms with van der Waals surface area (Å²) < 4.78 is 0. The number of thioether (sulfide) groups is 1. The Kier molecular flexibility index (Phi) is 4.99. The number of anilines is 1. The van der Waals surface area contributed by atoms with Gasteiger partial charge in [-0.15, -0.1) is 0 Å². The van der Waals surface area contributed by atoms with Gasteiger partial charge in [0.25, 0.3) is 0 Å². The van der Waals surface area contributed by atoms with Crippen LogP contribution in [0.1, 0.15) is 48.9 Å². The standard InChI is InChI=1S/C13H19N3OS/c1-18-13-14-8-10(9-17)12(16-13)15-11-6-4-2-3-5-7-11/h8-9,11H,2-7H2,1H3,(H,14,15,16). The van der Waals surface area contributed by atoms with Crippen LogP contribution >= 0.6 is 11.8 Å². The lowest BCUT2D eigenvalue weighted by atomic mass is 10.1. The third kappa shape index (κ3) is 3.45. The van der Waals surface area contributed by atoms with Crippen molar-refractivity contribution in [1.82, 2.24) is 9.97 Å². The third-order valence-corrected chi connectivity index (χ3v) is 3.86. The molecule has 0 unspecified atom stereocenters. The Bertz CT molecular complexity index is 403. The Morgan fingerprint density at radius 1 is 1.33 bits per heavy atom. The first-order valence-electron chi connectivity index (χ1n) is 6.46. The van der Waals surface area contributed by atoms with Gasteiger partial charge in [-0.05, 0) is 19.1 Å². The van der Waals surface area contributed by atoms with E-state index in [-0.39, 0.29) is 0 Å². The number of carbonyl (C=O) groups excluding carboxylic acids is 1. The van der Waals surface area contributed by atoms with Gasteiger partial charge >= 0.3 is 0 Å². The molecule has 0 radical (unpaired) electrons. The lowest BCUT2D eigenvalue weighted by molar-refractivity contribution is 0.112. The van der Waals surface area contributed by atoms with Gasteiger partial charge in [0.2, 0.25) is 0 Å². The van der Waals surface area contributed by atoms with Crippen LogP contribution in [0.2, 0.25) is 0 Å². The first-order valence-corrected chi connectivity index (χ1v) is 7.68. The van der Waals surface area contributed by atoms with Crippen molar-refractivity contribution in [2.75, 3.05) is 11.6 Å². The fraction of sp³-hybridized carbons (Fsp3) is 0.615. The van der Waals surface area contributed by atoms with Crippen LogP contribution in [0.25, 0.3) is 0 Å². The maximum absolute atomic E-state index is 11.0. The first kappa shape index (κ1) is 13.3. The molecule has 0 atom stereocenters. The molecule has 1 aromatic heterocycles. The SMILES string of the molecule is CSc1ncc(C=O)c(NC2CCCCCC2)n1. The van der Waals surface area contributed by atoms with E-state index in [9.17, 15) is 4.79 Å². The molecule has 1 aliphatic carbocycles. The number of hydrogen-bond acceptors (Lipinski definition) is 5. The highest BCUT2D eigenvalue weighted by Gasteiger charge is 2.15. The van der Waals surface area contributed by atoms with Gasteiger partial charge in [-0.2, -0.15) is 0 Å². The fourth-order valence-corrected chi connectivity index (χ4v) is 2.63. The lowest BCUT2D eigenvalue weighted by Crippen LogP contribution is -2.20. The van der Waals surface area contributed by atoms with E-state index in [1.54, 1.807) is 6.20 Å². The monoisotopic (exact) mass is 265 g/mol. The van der Waals surface area contributed by atoms with Crippen molar-refractivity contribution in [1.29, 1.82) is 0 Å². The molecule has 18 heavy (non-hydrogen) atoms. The molecule has 0 aromatic carbocycles. The van der Waals surface area contributed by atoms with E-state index in [4.69, 9.17) is 0 Å². The van der Waals surface area contributed by atoms with Gasteiger partial charge in [0.05, 0.1) is 5.56 Å². The van der Waals surface area contributed by atoms with Gasteiger partial charge in [0, 0.05) is 12.2 Å². The van der Waals surface area contributed by atoms with Crippen LogP contribution in [0.4, 0.5) is 5.82 Å². The number of nitrogens with one attached hydrogen (secondary N) is 1. The largest absolute Gasteiger partial charge is 0.367 e. The summed E-state index contributed by atoms with van der Waals surface area (Å²) in [5.41, 5.74) is 0.553. The van der Waals surface area contributed by atoms with Gasteiger partial charge < -0.3 is 5.32 Å². The van der Waals surface area contributed by atoms with E-state index < -0.39 is 0 Å². The normalized spacial score (nSPS) is 17.2. The minimum atomic E-state index is 0.441. The quantitative estimate of drug-likeness (QED) is 0.392. The molecule has 4 nitrogen and oxygen atoms in total. The number of rotatable bonds is 4. The zero-order valence-electron chi connectivity index (χ0n) is 10.7. The summed E-state index contributed by atoms with van der Waals surface area (Å²) >= 11 is 1.49. The molecular formula is C13H19N3OS. The molecule has 1 heterocycles. The third-order valence-electron chi connectivity index (χ3n) is 3.30. The van der Waals surface area contributed by atoms with Crippen molar-refractivity contribution in [3.05, 3.63) is 11.8 Å². The van der Waals surface area contributed by atoms with Crippen molar-refractivity contribution in [3.63, 3.8) is 0 Å². The van der Waals surface area contributed by atoms with E-state index >= 15 is 0 Å². The Balaban J connectivity index is 2.12. The van der Waals surface area contributed by atoms with Crippen molar-refractivity contribution in [3.8, 4) is 0 Å². The summed E-state index contributed by atoms with van der Waals surface area (Å²) in [6.07, 6.45) is 11.8. The molecule has 98 valence electrons. The highest BCUT2D eigenvalue weighted by molar-refractivity contribution is 7.98. The zero-order valence-corrected chi connectivity index (χ0v) is 11.5. The molecule has 1 N–H and O–H groups in total.